The third kappa shape index (κ3) is 3.02. The molecule has 0 bridgehead atoms. The van der Waals surface area contributed by atoms with Crippen LogP contribution >= 0.6 is 0 Å². The van der Waals surface area contributed by atoms with E-state index in [-0.39, 0.29) is 4.90 Å². The second kappa shape index (κ2) is 4.92. The van der Waals surface area contributed by atoms with Crippen LogP contribution in [0.4, 0.5) is 0 Å². The Morgan fingerprint density at radius 1 is 1.38 bits per heavy atom. The number of hydrogen-bond acceptors (Lipinski definition) is 4. The van der Waals surface area contributed by atoms with Gasteiger partial charge in [-0.3, -0.25) is 0 Å². The summed E-state index contributed by atoms with van der Waals surface area (Å²) < 4.78 is 23.7. The van der Waals surface area contributed by atoms with Crippen molar-refractivity contribution in [1.29, 1.82) is 0 Å². The zero-order chi connectivity index (χ0) is 12.3. The Labute approximate surface area is 96.3 Å². The second-order valence-corrected chi connectivity index (χ2v) is 5.44. The van der Waals surface area contributed by atoms with Gasteiger partial charge in [0, 0.05) is 20.6 Å². The molecule has 0 aliphatic carbocycles. The molecule has 1 rings (SSSR count). The molecule has 0 saturated carbocycles. The van der Waals surface area contributed by atoms with Crippen LogP contribution in [0.15, 0.2) is 23.1 Å². The Balaban J connectivity index is 3.14. The van der Waals surface area contributed by atoms with E-state index in [2.05, 4.69) is 4.83 Å². The summed E-state index contributed by atoms with van der Waals surface area (Å²) in [4.78, 5) is 2.60. The fourth-order valence-corrected chi connectivity index (χ4v) is 2.46. The van der Waals surface area contributed by atoms with Gasteiger partial charge in [-0.05, 0) is 30.2 Å². The van der Waals surface area contributed by atoms with Crippen LogP contribution in [0.25, 0.3) is 0 Å². The SMILES string of the molecule is Cc1ccc(S(=O)(=O)NN(C)C)cc1CN. The first-order valence-electron chi connectivity index (χ1n) is 4.86. The number of hydrogen-bond donors (Lipinski definition) is 2. The van der Waals surface area contributed by atoms with Gasteiger partial charge in [0.1, 0.15) is 0 Å². The molecule has 0 aromatic heterocycles. The predicted octanol–water partition coefficient (Wildman–Crippen LogP) is 0.209. The van der Waals surface area contributed by atoms with Crippen molar-refractivity contribution < 1.29 is 8.42 Å². The van der Waals surface area contributed by atoms with Crippen LogP contribution in [0.5, 0.6) is 0 Å². The quantitative estimate of drug-likeness (QED) is 0.741. The maximum Gasteiger partial charge on any atom is 0.253 e. The van der Waals surface area contributed by atoms with E-state index in [4.69, 9.17) is 5.73 Å². The van der Waals surface area contributed by atoms with Crippen LogP contribution in [0, 0.1) is 6.92 Å². The number of hydrazine groups is 1. The summed E-state index contributed by atoms with van der Waals surface area (Å²) >= 11 is 0. The topological polar surface area (TPSA) is 75.4 Å². The highest BCUT2D eigenvalue weighted by Gasteiger charge is 2.15. The average Bonchev–Trinajstić information content (AvgIpc) is 2.16. The molecular weight excluding hydrogens is 226 g/mol. The third-order valence-electron chi connectivity index (χ3n) is 2.15. The Morgan fingerprint density at radius 3 is 2.50 bits per heavy atom. The van der Waals surface area contributed by atoms with Crippen LogP contribution in [0.3, 0.4) is 0 Å². The summed E-state index contributed by atoms with van der Waals surface area (Å²) in [6.45, 7) is 2.23. The van der Waals surface area contributed by atoms with Gasteiger partial charge in [-0.1, -0.05) is 6.07 Å². The fraction of sp³-hybridized carbons (Fsp3) is 0.400. The highest BCUT2D eigenvalue weighted by atomic mass is 32.2. The van der Waals surface area contributed by atoms with Crippen molar-refractivity contribution in [3.05, 3.63) is 29.3 Å². The molecule has 0 saturated heterocycles. The van der Waals surface area contributed by atoms with Crippen molar-refractivity contribution >= 4 is 10.0 Å². The normalized spacial score (nSPS) is 12.1. The van der Waals surface area contributed by atoms with Crippen molar-refractivity contribution in [2.24, 2.45) is 5.73 Å². The van der Waals surface area contributed by atoms with Crippen molar-refractivity contribution in [3.63, 3.8) is 0 Å². The lowest BCUT2D eigenvalue weighted by molar-refractivity contribution is 0.364. The summed E-state index contributed by atoms with van der Waals surface area (Å²) in [6.07, 6.45) is 0. The molecule has 3 N–H and O–H groups in total. The summed E-state index contributed by atoms with van der Waals surface area (Å²) in [7, 11) is -0.247. The molecule has 0 atom stereocenters. The Kier molecular flexibility index (Phi) is 4.03. The average molecular weight is 243 g/mol. The van der Waals surface area contributed by atoms with E-state index in [0.717, 1.165) is 11.1 Å². The van der Waals surface area contributed by atoms with Gasteiger partial charge in [-0.25, -0.2) is 13.4 Å². The standard InChI is InChI=1S/C10H17N3O2S/c1-8-4-5-10(6-9(8)7-11)16(14,15)12-13(2)3/h4-6,12H,7,11H2,1-3H3. The molecular formula is C10H17N3O2S. The zero-order valence-electron chi connectivity index (χ0n) is 9.69. The molecule has 0 aliphatic heterocycles. The number of sulfonamides is 1. The number of nitrogens with two attached hydrogens (primary N) is 1. The number of aryl methyl sites for hydroxylation is 1. The molecule has 0 aliphatic rings. The minimum absolute atomic E-state index is 0.229. The van der Waals surface area contributed by atoms with Gasteiger partial charge in [0.15, 0.2) is 0 Å². The maximum atomic E-state index is 11.8. The van der Waals surface area contributed by atoms with Crippen LogP contribution < -0.4 is 10.6 Å². The van der Waals surface area contributed by atoms with E-state index in [1.807, 2.05) is 6.92 Å². The smallest absolute Gasteiger partial charge is 0.253 e. The molecule has 1 aromatic rings. The van der Waals surface area contributed by atoms with Crippen LogP contribution in [-0.4, -0.2) is 27.5 Å². The number of nitrogens with zero attached hydrogens (tertiary/aromatic N) is 1. The van der Waals surface area contributed by atoms with Crippen molar-refractivity contribution in [2.75, 3.05) is 14.1 Å². The van der Waals surface area contributed by atoms with Crippen LogP contribution in [0.2, 0.25) is 0 Å². The van der Waals surface area contributed by atoms with E-state index in [1.165, 1.54) is 5.01 Å². The van der Waals surface area contributed by atoms with Gasteiger partial charge in [0.25, 0.3) is 10.0 Å². The minimum atomic E-state index is -3.49. The van der Waals surface area contributed by atoms with Gasteiger partial charge in [-0.2, -0.15) is 0 Å². The Morgan fingerprint density at radius 2 is 2.00 bits per heavy atom. The fourth-order valence-electron chi connectivity index (χ4n) is 1.33. The van der Waals surface area contributed by atoms with Gasteiger partial charge >= 0.3 is 0 Å². The van der Waals surface area contributed by atoms with E-state index in [9.17, 15) is 8.42 Å². The predicted molar refractivity (Wildman–Crippen MR) is 63.1 cm³/mol. The Bertz CT molecular complexity index is 469. The van der Waals surface area contributed by atoms with Crippen LogP contribution in [-0.2, 0) is 16.6 Å². The third-order valence-corrected chi connectivity index (χ3v) is 3.63. The molecule has 0 spiro atoms. The van der Waals surface area contributed by atoms with Gasteiger partial charge in [0.2, 0.25) is 0 Å². The van der Waals surface area contributed by atoms with Gasteiger partial charge < -0.3 is 5.73 Å². The maximum absolute atomic E-state index is 11.8. The monoisotopic (exact) mass is 243 g/mol. The lowest BCUT2D eigenvalue weighted by Gasteiger charge is -2.13. The molecule has 6 heteroatoms. The van der Waals surface area contributed by atoms with Gasteiger partial charge in [-0.15, -0.1) is 4.83 Å². The van der Waals surface area contributed by atoms with E-state index >= 15 is 0 Å². The minimum Gasteiger partial charge on any atom is -0.326 e. The van der Waals surface area contributed by atoms with E-state index < -0.39 is 10.0 Å². The number of benzene rings is 1. The molecule has 0 fully saturated rings. The highest BCUT2D eigenvalue weighted by Crippen LogP contribution is 2.15. The lowest BCUT2D eigenvalue weighted by atomic mass is 10.1. The van der Waals surface area contributed by atoms with Gasteiger partial charge in [0.05, 0.1) is 4.90 Å². The molecule has 16 heavy (non-hydrogen) atoms. The van der Waals surface area contributed by atoms with Crippen LogP contribution in [0.1, 0.15) is 11.1 Å². The second-order valence-electron chi connectivity index (χ2n) is 3.78. The zero-order valence-corrected chi connectivity index (χ0v) is 10.5. The van der Waals surface area contributed by atoms with Crippen molar-refractivity contribution in [2.45, 2.75) is 18.4 Å². The first kappa shape index (κ1) is 13.1. The number of nitrogens with one attached hydrogen (secondary N) is 1. The van der Waals surface area contributed by atoms with Crippen molar-refractivity contribution in [3.8, 4) is 0 Å². The summed E-state index contributed by atoms with van der Waals surface area (Å²) in [6, 6.07) is 4.92. The highest BCUT2D eigenvalue weighted by molar-refractivity contribution is 7.89. The number of rotatable bonds is 4. The van der Waals surface area contributed by atoms with Crippen molar-refractivity contribution in [1.82, 2.24) is 9.84 Å². The molecule has 5 nitrogen and oxygen atoms in total. The largest absolute Gasteiger partial charge is 0.326 e. The summed E-state index contributed by atoms with van der Waals surface area (Å²) in [5.74, 6) is 0. The molecule has 0 heterocycles. The molecule has 0 unspecified atom stereocenters. The first-order chi connectivity index (χ1) is 7.36. The lowest BCUT2D eigenvalue weighted by Crippen LogP contribution is -2.36. The van der Waals surface area contributed by atoms with E-state index in [0.29, 0.717) is 6.54 Å². The molecule has 90 valence electrons. The molecule has 1 aromatic carbocycles. The molecule has 0 amide bonds. The summed E-state index contributed by atoms with van der Waals surface area (Å²) in [5.41, 5.74) is 7.37. The first-order valence-corrected chi connectivity index (χ1v) is 6.34. The molecule has 0 radical (unpaired) electrons. The van der Waals surface area contributed by atoms with E-state index in [1.54, 1.807) is 32.3 Å². The summed E-state index contributed by atoms with van der Waals surface area (Å²) in [5, 5.41) is 1.39. The Hall–Kier alpha value is -0.950.